The van der Waals surface area contributed by atoms with Gasteiger partial charge in [-0.3, -0.25) is 4.79 Å². The molecular weight excluding hydrogens is 284 g/mol. The smallest absolute Gasteiger partial charge is 0.151 e. The van der Waals surface area contributed by atoms with E-state index >= 15 is 0 Å². The Bertz CT molecular complexity index is 492. The number of fused-ring (bicyclic) bond motifs is 1. The lowest BCUT2D eigenvalue weighted by molar-refractivity contribution is 0.112. The van der Waals surface area contributed by atoms with Crippen LogP contribution in [0.4, 0.5) is 0 Å². The predicted octanol–water partition coefficient (Wildman–Crippen LogP) is 4.26. The van der Waals surface area contributed by atoms with E-state index in [0.29, 0.717) is 10.4 Å². The molecule has 0 bridgehead atoms. The molecule has 0 saturated heterocycles. The molecule has 1 aromatic carbocycles. The minimum Gasteiger partial charge on any atom is -0.298 e. The first-order chi connectivity index (χ1) is 6.77. The second kappa shape index (κ2) is 4.01. The lowest BCUT2D eigenvalue weighted by Gasteiger charge is -2.01. The number of halogens is 2. The average Bonchev–Trinajstić information content (AvgIpc) is 2.59. The van der Waals surface area contributed by atoms with E-state index in [1.54, 1.807) is 0 Å². The number of thiophene rings is 1. The fourth-order valence-electron chi connectivity index (χ4n) is 1.38. The molecule has 0 N–H and O–H groups in total. The van der Waals surface area contributed by atoms with Gasteiger partial charge in [0.05, 0.1) is 5.02 Å². The van der Waals surface area contributed by atoms with Gasteiger partial charge in [0.25, 0.3) is 0 Å². The molecule has 0 aliphatic rings. The Balaban J connectivity index is 2.84. The molecule has 2 rings (SSSR count). The highest BCUT2D eigenvalue weighted by molar-refractivity contribution is 9.08. The summed E-state index contributed by atoms with van der Waals surface area (Å²) in [5, 5.41) is 4.22. The fraction of sp³-hybridized carbons (Fsp3) is 0.100. The Hall–Kier alpha value is -0.380. The molecule has 2 aromatic rings. The summed E-state index contributed by atoms with van der Waals surface area (Å²) >= 11 is 10.8. The van der Waals surface area contributed by atoms with Crippen molar-refractivity contribution in [2.45, 2.75) is 5.33 Å². The molecule has 1 heterocycles. The Morgan fingerprint density at radius 3 is 2.93 bits per heavy atom. The number of alkyl halides is 1. The Labute approximate surface area is 98.8 Å². The van der Waals surface area contributed by atoms with Crippen LogP contribution >= 0.6 is 38.9 Å². The van der Waals surface area contributed by atoms with Crippen LogP contribution in [0.1, 0.15) is 15.9 Å². The van der Waals surface area contributed by atoms with Crippen LogP contribution in [0.2, 0.25) is 5.02 Å². The normalized spacial score (nSPS) is 10.7. The van der Waals surface area contributed by atoms with Crippen molar-refractivity contribution < 1.29 is 4.79 Å². The summed E-state index contributed by atoms with van der Waals surface area (Å²) in [4.78, 5) is 11.0. The highest BCUT2D eigenvalue weighted by Crippen LogP contribution is 2.33. The second-order valence-electron chi connectivity index (χ2n) is 2.85. The molecule has 0 aliphatic carbocycles. The van der Waals surface area contributed by atoms with Crippen LogP contribution in [0, 0.1) is 0 Å². The molecular formula is C10H6BrClOS. The zero-order valence-electron chi connectivity index (χ0n) is 7.09. The van der Waals surface area contributed by atoms with Gasteiger partial charge in [-0.1, -0.05) is 39.7 Å². The Morgan fingerprint density at radius 2 is 2.29 bits per heavy atom. The van der Waals surface area contributed by atoms with Crippen molar-refractivity contribution in [2.75, 3.05) is 0 Å². The topological polar surface area (TPSA) is 17.1 Å². The summed E-state index contributed by atoms with van der Waals surface area (Å²) in [7, 11) is 0. The van der Waals surface area contributed by atoms with E-state index in [2.05, 4.69) is 15.9 Å². The number of benzene rings is 1. The summed E-state index contributed by atoms with van der Waals surface area (Å²) < 4.78 is 0.974. The number of carbonyl (C=O) groups is 1. The van der Waals surface area contributed by atoms with Crippen LogP contribution in [0.5, 0.6) is 0 Å². The van der Waals surface area contributed by atoms with E-state index in [1.807, 2.05) is 17.5 Å². The molecule has 14 heavy (non-hydrogen) atoms. The molecule has 0 saturated carbocycles. The predicted molar refractivity (Wildman–Crippen MR) is 64.9 cm³/mol. The van der Waals surface area contributed by atoms with Crippen molar-refractivity contribution in [2.24, 2.45) is 0 Å². The van der Waals surface area contributed by atoms with Crippen molar-refractivity contribution in [3.05, 3.63) is 33.7 Å². The summed E-state index contributed by atoms with van der Waals surface area (Å²) in [6.45, 7) is 0. The van der Waals surface area contributed by atoms with Crippen LogP contribution in [0.25, 0.3) is 10.1 Å². The summed E-state index contributed by atoms with van der Waals surface area (Å²) in [6, 6.07) is 3.89. The molecule has 1 aromatic heterocycles. The number of hydrogen-bond acceptors (Lipinski definition) is 2. The van der Waals surface area contributed by atoms with Crippen molar-refractivity contribution in [3.8, 4) is 0 Å². The first kappa shape index (κ1) is 10.1. The average molecular weight is 290 g/mol. The summed E-state index contributed by atoms with van der Waals surface area (Å²) in [5.41, 5.74) is 1.75. The molecule has 0 aliphatic heterocycles. The maximum atomic E-state index is 11.0. The minimum absolute atomic E-state index is 0.687. The molecule has 1 nitrogen and oxygen atoms in total. The third kappa shape index (κ3) is 1.49. The zero-order valence-corrected chi connectivity index (χ0v) is 10.2. The van der Waals surface area contributed by atoms with E-state index in [4.69, 9.17) is 11.6 Å². The fourth-order valence-corrected chi connectivity index (χ4v) is 3.17. The monoisotopic (exact) mass is 288 g/mol. The number of hydrogen-bond donors (Lipinski definition) is 0. The first-order valence-electron chi connectivity index (χ1n) is 3.97. The van der Waals surface area contributed by atoms with E-state index in [9.17, 15) is 4.79 Å². The van der Waals surface area contributed by atoms with Gasteiger partial charge in [0.15, 0.2) is 6.29 Å². The quantitative estimate of drug-likeness (QED) is 0.596. The van der Waals surface area contributed by atoms with Crippen LogP contribution in [0.3, 0.4) is 0 Å². The Morgan fingerprint density at radius 1 is 1.50 bits per heavy atom. The van der Waals surface area contributed by atoms with E-state index < -0.39 is 0 Å². The lowest BCUT2D eigenvalue weighted by Crippen LogP contribution is -1.88. The largest absolute Gasteiger partial charge is 0.298 e. The number of rotatable bonds is 2. The molecule has 0 amide bonds. The van der Waals surface area contributed by atoms with E-state index in [0.717, 1.165) is 27.5 Å². The van der Waals surface area contributed by atoms with Crippen LogP contribution in [-0.4, -0.2) is 6.29 Å². The molecule has 0 fully saturated rings. The van der Waals surface area contributed by atoms with Crippen molar-refractivity contribution in [3.63, 3.8) is 0 Å². The SMILES string of the molecule is O=Cc1c(CBr)ccc2c(Cl)csc12. The highest BCUT2D eigenvalue weighted by Gasteiger charge is 2.09. The van der Waals surface area contributed by atoms with Gasteiger partial charge >= 0.3 is 0 Å². The maximum absolute atomic E-state index is 11.0. The molecule has 0 unspecified atom stereocenters. The standard InChI is InChI=1S/C10H6BrClOS/c11-3-6-1-2-7-9(12)5-14-10(7)8(6)4-13/h1-2,4-5H,3H2. The second-order valence-corrected chi connectivity index (χ2v) is 4.70. The van der Waals surface area contributed by atoms with Gasteiger partial charge in [-0.15, -0.1) is 11.3 Å². The third-order valence-electron chi connectivity index (χ3n) is 2.09. The van der Waals surface area contributed by atoms with E-state index in [1.165, 1.54) is 11.3 Å². The van der Waals surface area contributed by atoms with Gasteiger partial charge in [-0.2, -0.15) is 0 Å². The summed E-state index contributed by atoms with van der Waals surface area (Å²) in [5.74, 6) is 0. The van der Waals surface area contributed by atoms with Crippen molar-refractivity contribution in [1.29, 1.82) is 0 Å². The van der Waals surface area contributed by atoms with E-state index in [-0.39, 0.29) is 0 Å². The zero-order chi connectivity index (χ0) is 10.1. The third-order valence-corrected chi connectivity index (χ3v) is 4.16. The molecule has 4 heteroatoms. The van der Waals surface area contributed by atoms with Gasteiger partial charge in [0.2, 0.25) is 0 Å². The number of aldehydes is 1. The number of carbonyl (C=O) groups excluding carboxylic acids is 1. The first-order valence-corrected chi connectivity index (χ1v) is 6.35. The van der Waals surface area contributed by atoms with Crippen LogP contribution < -0.4 is 0 Å². The van der Waals surface area contributed by atoms with Gasteiger partial charge in [-0.25, -0.2) is 0 Å². The highest BCUT2D eigenvalue weighted by atomic mass is 79.9. The molecule has 0 atom stereocenters. The maximum Gasteiger partial charge on any atom is 0.151 e. The molecule has 72 valence electrons. The van der Waals surface area contributed by atoms with Crippen LogP contribution in [0.15, 0.2) is 17.5 Å². The Kier molecular flexibility index (Phi) is 2.91. The van der Waals surface area contributed by atoms with Gasteiger partial charge in [-0.05, 0) is 5.56 Å². The summed E-state index contributed by atoms with van der Waals surface area (Å²) in [6.07, 6.45) is 0.895. The van der Waals surface area contributed by atoms with Crippen molar-refractivity contribution in [1.82, 2.24) is 0 Å². The molecule has 0 radical (unpaired) electrons. The van der Waals surface area contributed by atoms with Crippen molar-refractivity contribution >= 4 is 55.2 Å². The minimum atomic E-state index is 0.687. The molecule has 0 spiro atoms. The lowest BCUT2D eigenvalue weighted by atomic mass is 10.1. The van der Waals surface area contributed by atoms with Gasteiger partial charge in [0, 0.05) is 26.4 Å². The van der Waals surface area contributed by atoms with Crippen LogP contribution in [-0.2, 0) is 5.33 Å². The van der Waals surface area contributed by atoms with Gasteiger partial charge in [0.1, 0.15) is 0 Å². The van der Waals surface area contributed by atoms with Gasteiger partial charge < -0.3 is 0 Å².